The molecule has 0 bridgehead atoms. The second-order valence-corrected chi connectivity index (χ2v) is 1.85. The van der Waals surface area contributed by atoms with Crippen LogP contribution in [-0.2, 0) is 9.59 Å². The molecule has 0 saturated carbocycles. The van der Waals surface area contributed by atoms with Crippen molar-refractivity contribution in [3.63, 3.8) is 0 Å². The topological polar surface area (TPSA) is 101 Å². The van der Waals surface area contributed by atoms with E-state index < -0.39 is 24.4 Å². The van der Waals surface area contributed by atoms with Gasteiger partial charge >= 0.3 is 5.97 Å². The lowest BCUT2D eigenvalue weighted by atomic mass is 10.1. The lowest BCUT2D eigenvalue weighted by Crippen LogP contribution is -2.33. The van der Waals surface area contributed by atoms with Gasteiger partial charge in [0.25, 0.3) is 0 Å². The number of aliphatic hydroxyl groups is 1. The Morgan fingerprint density at radius 1 is 1.50 bits per heavy atom. The van der Waals surface area contributed by atoms with Gasteiger partial charge in [0.15, 0.2) is 5.78 Å². The maximum absolute atomic E-state index is 10.3. The third-order valence-corrected chi connectivity index (χ3v) is 0.941. The number of carbonyl (C=O) groups excluding carboxylic acids is 1. The second-order valence-electron chi connectivity index (χ2n) is 1.85. The number of hydrogen-bond acceptors (Lipinski definition) is 4. The highest BCUT2D eigenvalue weighted by Gasteiger charge is 2.14. The smallest absolute Gasteiger partial charge is 0.320 e. The second kappa shape index (κ2) is 3.97. The molecule has 0 aliphatic heterocycles. The molecule has 0 aromatic carbocycles. The Labute approximate surface area is 57.5 Å². The molecule has 5 heteroatoms. The normalized spacial score (nSPS) is 12.6. The Morgan fingerprint density at radius 2 is 2.00 bits per heavy atom. The zero-order valence-electron chi connectivity index (χ0n) is 5.28. The van der Waals surface area contributed by atoms with Gasteiger partial charge < -0.3 is 15.9 Å². The molecule has 0 radical (unpaired) electrons. The monoisotopic (exact) mass is 147 g/mol. The number of carboxylic acid groups (broad SMARTS) is 1. The Morgan fingerprint density at radius 3 is 2.30 bits per heavy atom. The number of carbonyl (C=O) groups is 2. The maximum Gasteiger partial charge on any atom is 0.320 e. The predicted molar refractivity (Wildman–Crippen MR) is 32.3 cm³/mol. The Balaban J connectivity index is 3.68. The molecule has 0 aromatic rings. The van der Waals surface area contributed by atoms with E-state index in [0.717, 1.165) is 0 Å². The molecule has 1 atom stereocenters. The lowest BCUT2D eigenvalue weighted by Gasteiger charge is -2.01. The predicted octanol–water partition coefficient (Wildman–Crippen LogP) is -1.65. The van der Waals surface area contributed by atoms with Crippen molar-refractivity contribution in [1.82, 2.24) is 0 Å². The van der Waals surface area contributed by atoms with Gasteiger partial charge in [0, 0.05) is 6.42 Å². The fraction of sp³-hybridized carbons (Fsp3) is 0.600. The van der Waals surface area contributed by atoms with Gasteiger partial charge in [-0.15, -0.1) is 0 Å². The van der Waals surface area contributed by atoms with E-state index in [2.05, 4.69) is 0 Å². The lowest BCUT2D eigenvalue weighted by molar-refractivity contribution is -0.140. The molecule has 10 heavy (non-hydrogen) atoms. The van der Waals surface area contributed by atoms with E-state index in [1.54, 1.807) is 0 Å². The summed E-state index contributed by atoms with van der Waals surface area (Å²) in [6.45, 7) is -0.652. The Hall–Kier alpha value is -0.940. The average Bonchev–Trinajstić information content (AvgIpc) is 1.87. The number of ketones is 1. The van der Waals surface area contributed by atoms with Crippen LogP contribution in [0.1, 0.15) is 6.42 Å². The van der Waals surface area contributed by atoms with E-state index in [4.69, 9.17) is 15.9 Å². The van der Waals surface area contributed by atoms with Crippen molar-refractivity contribution < 1.29 is 19.8 Å². The van der Waals surface area contributed by atoms with Crippen LogP contribution in [0.25, 0.3) is 0 Å². The summed E-state index contributed by atoms with van der Waals surface area (Å²) in [7, 11) is 0. The molecule has 0 aliphatic rings. The summed E-state index contributed by atoms with van der Waals surface area (Å²) in [6.07, 6.45) is -0.314. The molecule has 0 aromatic heterocycles. The van der Waals surface area contributed by atoms with Crippen LogP contribution >= 0.6 is 0 Å². The molecule has 0 saturated heterocycles. The van der Waals surface area contributed by atoms with Crippen LogP contribution in [-0.4, -0.2) is 34.6 Å². The number of nitrogens with two attached hydrogens (primary N) is 1. The third kappa shape index (κ3) is 3.16. The van der Waals surface area contributed by atoms with Crippen molar-refractivity contribution in [1.29, 1.82) is 0 Å². The van der Waals surface area contributed by atoms with Gasteiger partial charge in [0.05, 0.1) is 0 Å². The molecular formula is C5H9NO4. The highest BCUT2D eigenvalue weighted by atomic mass is 16.4. The first-order valence-electron chi connectivity index (χ1n) is 2.69. The minimum atomic E-state index is -1.23. The van der Waals surface area contributed by atoms with Crippen LogP contribution < -0.4 is 5.73 Å². The van der Waals surface area contributed by atoms with Crippen molar-refractivity contribution in [3.05, 3.63) is 0 Å². The van der Waals surface area contributed by atoms with Crippen LogP contribution in [0.5, 0.6) is 0 Å². The molecule has 0 rings (SSSR count). The van der Waals surface area contributed by atoms with Gasteiger partial charge in [-0.05, 0) is 0 Å². The van der Waals surface area contributed by atoms with Gasteiger partial charge in [0.1, 0.15) is 12.6 Å². The minimum absolute atomic E-state index is 0.314. The van der Waals surface area contributed by atoms with Crippen LogP contribution in [0.2, 0.25) is 0 Å². The van der Waals surface area contributed by atoms with E-state index in [1.807, 2.05) is 0 Å². The number of aliphatic hydroxyl groups excluding tert-OH is 1. The van der Waals surface area contributed by atoms with Crippen LogP contribution in [0.3, 0.4) is 0 Å². The molecule has 5 nitrogen and oxygen atoms in total. The minimum Gasteiger partial charge on any atom is -0.480 e. The zero-order chi connectivity index (χ0) is 8.15. The number of aliphatic carboxylic acids is 1. The number of rotatable bonds is 4. The van der Waals surface area contributed by atoms with Gasteiger partial charge in [0.2, 0.25) is 0 Å². The molecular weight excluding hydrogens is 138 g/mol. The number of hydrogen-bond donors (Lipinski definition) is 3. The zero-order valence-corrected chi connectivity index (χ0v) is 5.28. The molecule has 0 amide bonds. The van der Waals surface area contributed by atoms with Crippen molar-refractivity contribution in [2.45, 2.75) is 12.5 Å². The average molecular weight is 147 g/mol. The molecule has 0 aliphatic carbocycles. The van der Waals surface area contributed by atoms with Gasteiger partial charge in [-0.1, -0.05) is 0 Å². The molecule has 0 unspecified atom stereocenters. The first kappa shape index (κ1) is 9.06. The molecule has 58 valence electrons. The van der Waals surface area contributed by atoms with Gasteiger partial charge in [-0.3, -0.25) is 9.59 Å². The van der Waals surface area contributed by atoms with Gasteiger partial charge in [-0.2, -0.15) is 0 Å². The molecule has 0 spiro atoms. The summed E-state index contributed by atoms with van der Waals surface area (Å²) < 4.78 is 0. The summed E-state index contributed by atoms with van der Waals surface area (Å²) in [4.78, 5) is 20.3. The Bertz CT molecular complexity index is 145. The number of carboxylic acids is 1. The Kier molecular flexibility index (Phi) is 3.60. The maximum atomic E-state index is 10.3. The van der Waals surface area contributed by atoms with E-state index >= 15 is 0 Å². The highest BCUT2D eigenvalue weighted by Crippen LogP contribution is 1.88. The van der Waals surface area contributed by atoms with E-state index in [1.165, 1.54) is 0 Å². The first-order chi connectivity index (χ1) is 4.57. The summed E-state index contributed by atoms with van der Waals surface area (Å²) in [5.74, 6) is -1.79. The SMILES string of the molecule is N[C@@H](CC(=O)CO)C(=O)O. The van der Waals surface area contributed by atoms with Crippen molar-refractivity contribution in [2.75, 3.05) is 6.61 Å². The number of Topliss-reactive ketones (excluding diaryl/α,β-unsaturated/α-hetero) is 1. The van der Waals surface area contributed by atoms with Crippen LogP contribution in [0, 0.1) is 0 Å². The fourth-order valence-electron chi connectivity index (χ4n) is 0.397. The van der Waals surface area contributed by atoms with E-state index in [0.29, 0.717) is 0 Å². The van der Waals surface area contributed by atoms with Crippen molar-refractivity contribution >= 4 is 11.8 Å². The fourth-order valence-corrected chi connectivity index (χ4v) is 0.397. The molecule has 0 heterocycles. The van der Waals surface area contributed by atoms with Gasteiger partial charge in [-0.25, -0.2) is 0 Å². The van der Waals surface area contributed by atoms with Crippen molar-refractivity contribution in [3.8, 4) is 0 Å². The van der Waals surface area contributed by atoms with Crippen molar-refractivity contribution in [2.24, 2.45) is 5.73 Å². The van der Waals surface area contributed by atoms with E-state index in [9.17, 15) is 9.59 Å². The summed E-state index contributed by atoms with van der Waals surface area (Å²) in [5, 5.41) is 16.3. The first-order valence-corrected chi connectivity index (χ1v) is 2.69. The van der Waals surface area contributed by atoms with Crippen LogP contribution in [0.15, 0.2) is 0 Å². The molecule has 0 fully saturated rings. The summed E-state index contributed by atoms with van der Waals surface area (Å²) in [6, 6.07) is -1.19. The quantitative estimate of drug-likeness (QED) is 0.442. The molecule has 4 N–H and O–H groups in total. The standard InChI is InChI=1S/C5H9NO4/c6-4(5(9)10)1-3(8)2-7/h4,7H,1-2,6H2,(H,9,10)/t4-/m0/s1. The summed E-state index contributed by atoms with van der Waals surface area (Å²) >= 11 is 0. The highest BCUT2D eigenvalue weighted by molar-refractivity contribution is 5.86. The third-order valence-electron chi connectivity index (χ3n) is 0.941. The van der Waals surface area contributed by atoms with Crippen LogP contribution in [0.4, 0.5) is 0 Å². The summed E-state index contributed by atoms with van der Waals surface area (Å²) in [5.41, 5.74) is 4.96. The largest absolute Gasteiger partial charge is 0.480 e. The van der Waals surface area contributed by atoms with E-state index in [-0.39, 0.29) is 6.42 Å².